The van der Waals surface area contributed by atoms with Gasteiger partial charge in [-0.15, -0.1) is 0 Å². The molecular formula is C27H35ClN6O3S. The van der Waals surface area contributed by atoms with Crippen LogP contribution in [-0.2, 0) is 0 Å². The Labute approximate surface area is 233 Å². The lowest BCUT2D eigenvalue weighted by Crippen LogP contribution is -2.31. The van der Waals surface area contributed by atoms with Gasteiger partial charge in [0.15, 0.2) is 5.82 Å². The van der Waals surface area contributed by atoms with E-state index in [1.807, 2.05) is 42.7 Å². The van der Waals surface area contributed by atoms with Crippen LogP contribution in [0, 0.1) is 0 Å². The van der Waals surface area contributed by atoms with Gasteiger partial charge in [0, 0.05) is 24.9 Å². The molecule has 0 bridgehead atoms. The number of nitrogens with zero attached hydrogens (tertiary/aromatic N) is 3. The molecule has 0 atom stereocenters. The van der Waals surface area contributed by atoms with E-state index in [1.54, 1.807) is 20.4 Å². The van der Waals surface area contributed by atoms with E-state index in [0.717, 1.165) is 41.5 Å². The van der Waals surface area contributed by atoms with Crippen molar-refractivity contribution < 1.29 is 14.2 Å². The van der Waals surface area contributed by atoms with Crippen molar-refractivity contribution in [2.75, 3.05) is 62.1 Å². The number of hydrogen-bond acceptors (Lipinski definition) is 10. The fourth-order valence-electron chi connectivity index (χ4n) is 4.24. The Balaban J connectivity index is 1.40. The molecule has 3 N–H and O–H groups in total. The standard InChI is InChI=1S/C27H35ClN6O3S/c1-35-19-8-10-22(24(16-19)33-38-3)30-26-21(28)18-29-27(32-26)31-23-11-9-20(17-25(23)36-2)37-15-7-14-34-12-5-4-6-13-34/h8-11,16-18,33H,4-7,12-15H2,1-3H3,(H2,29,30,31,32). The maximum absolute atomic E-state index is 6.42. The number of methoxy groups -OCH3 is 2. The van der Waals surface area contributed by atoms with Gasteiger partial charge in [-0.2, -0.15) is 4.98 Å². The second kappa shape index (κ2) is 14.2. The molecule has 38 heavy (non-hydrogen) atoms. The third kappa shape index (κ3) is 7.72. The summed E-state index contributed by atoms with van der Waals surface area (Å²) in [6.45, 7) is 4.15. The predicted molar refractivity (Wildman–Crippen MR) is 157 cm³/mol. The Kier molecular flexibility index (Phi) is 10.4. The first kappa shape index (κ1) is 27.9. The highest BCUT2D eigenvalue weighted by molar-refractivity contribution is 7.99. The average Bonchev–Trinajstić information content (AvgIpc) is 2.95. The highest BCUT2D eigenvalue weighted by atomic mass is 35.5. The molecule has 1 aliphatic heterocycles. The van der Waals surface area contributed by atoms with Crippen molar-refractivity contribution in [1.82, 2.24) is 14.9 Å². The maximum atomic E-state index is 6.42. The summed E-state index contributed by atoms with van der Waals surface area (Å²) < 4.78 is 20.2. The molecule has 1 aliphatic rings. The molecule has 0 amide bonds. The number of likely N-dealkylation sites (tertiary alicyclic amines) is 1. The molecule has 4 rings (SSSR count). The number of halogens is 1. The van der Waals surface area contributed by atoms with E-state index in [9.17, 15) is 0 Å². The van der Waals surface area contributed by atoms with Gasteiger partial charge in [-0.1, -0.05) is 30.0 Å². The molecule has 204 valence electrons. The van der Waals surface area contributed by atoms with Crippen molar-refractivity contribution >= 4 is 52.4 Å². The van der Waals surface area contributed by atoms with Gasteiger partial charge in [0.2, 0.25) is 5.95 Å². The van der Waals surface area contributed by atoms with Gasteiger partial charge in [-0.3, -0.25) is 0 Å². The molecule has 0 spiro atoms. The summed E-state index contributed by atoms with van der Waals surface area (Å²) in [5, 5.41) is 6.90. The highest BCUT2D eigenvalue weighted by Crippen LogP contribution is 2.34. The van der Waals surface area contributed by atoms with Gasteiger partial charge in [0.25, 0.3) is 0 Å². The molecule has 3 aromatic rings. The van der Waals surface area contributed by atoms with Gasteiger partial charge >= 0.3 is 0 Å². The van der Waals surface area contributed by atoms with Crippen LogP contribution in [0.5, 0.6) is 17.2 Å². The Morgan fingerprint density at radius 1 is 0.947 bits per heavy atom. The summed E-state index contributed by atoms with van der Waals surface area (Å²) in [5.41, 5.74) is 2.36. The van der Waals surface area contributed by atoms with Gasteiger partial charge in [-0.25, -0.2) is 4.98 Å². The lowest BCUT2D eigenvalue weighted by atomic mass is 10.1. The fourth-order valence-corrected chi connectivity index (χ4v) is 4.77. The van der Waals surface area contributed by atoms with E-state index in [4.69, 9.17) is 25.8 Å². The number of benzene rings is 2. The van der Waals surface area contributed by atoms with Crippen molar-refractivity contribution in [2.45, 2.75) is 25.7 Å². The fraction of sp³-hybridized carbons (Fsp3) is 0.407. The molecule has 2 aromatic carbocycles. The molecule has 1 aromatic heterocycles. The van der Waals surface area contributed by atoms with E-state index >= 15 is 0 Å². The lowest BCUT2D eigenvalue weighted by Gasteiger charge is -2.26. The van der Waals surface area contributed by atoms with Crippen LogP contribution in [0.25, 0.3) is 0 Å². The molecule has 0 unspecified atom stereocenters. The molecule has 9 nitrogen and oxygen atoms in total. The summed E-state index contributed by atoms with van der Waals surface area (Å²) >= 11 is 7.89. The van der Waals surface area contributed by atoms with E-state index in [2.05, 4.69) is 30.2 Å². The molecule has 11 heteroatoms. The summed E-state index contributed by atoms with van der Waals surface area (Å²) in [4.78, 5) is 11.4. The van der Waals surface area contributed by atoms with E-state index < -0.39 is 0 Å². The molecule has 0 saturated carbocycles. The van der Waals surface area contributed by atoms with Gasteiger partial charge in [0.05, 0.1) is 44.1 Å². The zero-order valence-electron chi connectivity index (χ0n) is 22.1. The summed E-state index contributed by atoms with van der Waals surface area (Å²) in [6.07, 6.45) is 8.46. The van der Waals surface area contributed by atoms with Crippen LogP contribution < -0.4 is 29.6 Å². The minimum absolute atomic E-state index is 0.373. The van der Waals surface area contributed by atoms with E-state index in [0.29, 0.717) is 29.1 Å². The average molecular weight is 559 g/mol. The van der Waals surface area contributed by atoms with Crippen LogP contribution in [0.1, 0.15) is 25.7 Å². The molecule has 1 saturated heterocycles. The number of anilines is 5. The van der Waals surface area contributed by atoms with Crippen molar-refractivity contribution in [2.24, 2.45) is 0 Å². The summed E-state index contributed by atoms with van der Waals surface area (Å²) in [6, 6.07) is 11.3. The predicted octanol–water partition coefficient (Wildman–Crippen LogP) is 6.58. The first-order valence-corrected chi connectivity index (χ1v) is 14.3. The first-order valence-electron chi connectivity index (χ1n) is 12.7. The van der Waals surface area contributed by atoms with Crippen molar-refractivity contribution in [3.63, 3.8) is 0 Å². The Bertz CT molecular complexity index is 1200. The smallest absolute Gasteiger partial charge is 0.229 e. The Morgan fingerprint density at radius 3 is 2.50 bits per heavy atom. The molecule has 0 radical (unpaired) electrons. The third-order valence-corrected chi connectivity index (χ3v) is 6.89. The largest absolute Gasteiger partial charge is 0.497 e. The van der Waals surface area contributed by atoms with Crippen LogP contribution in [0.3, 0.4) is 0 Å². The second-order valence-corrected chi connectivity index (χ2v) is 9.84. The van der Waals surface area contributed by atoms with Crippen molar-refractivity contribution in [1.29, 1.82) is 0 Å². The first-order chi connectivity index (χ1) is 18.6. The zero-order chi connectivity index (χ0) is 26.7. The number of hydrogen-bond donors (Lipinski definition) is 3. The number of ether oxygens (including phenoxy) is 3. The van der Waals surface area contributed by atoms with E-state index in [1.165, 1.54) is 44.3 Å². The molecule has 0 aliphatic carbocycles. The third-order valence-electron chi connectivity index (χ3n) is 6.19. The van der Waals surface area contributed by atoms with Crippen LogP contribution in [-0.4, -0.2) is 61.6 Å². The van der Waals surface area contributed by atoms with Crippen LogP contribution in [0.2, 0.25) is 5.02 Å². The highest BCUT2D eigenvalue weighted by Gasteiger charge is 2.13. The van der Waals surface area contributed by atoms with Crippen molar-refractivity contribution in [3.05, 3.63) is 47.6 Å². The number of rotatable bonds is 13. The van der Waals surface area contributed by atoms with E-state index in [-0.39, 0.29) is 0 Å². The van der Waals surface area contributed by atoms with Crippen LogP contribution >= 0.6 is 23.5 Å². The van der Waals surface area contributed by atoms with Gasteiger partial charge in [0.1, 0.15) is 22.3 Å². The normalized spacial score (nSPS) is 13.6. The SMILES string of the molecule is COc1ccc(Nc2nc(Nc3ccc(OCCCN4CCCCC4)cc3OC)ncc2Cl)c(NSC)c1. The van der Waals surface area contributed by atoms with Crippen molar-refractivity contribution in [3.8, 4) is 17.2 Å². The van der Waals surface area contributed by atoms with Crippen LogP contribution in [0.15, 0.2) is 42.6 Å². The van der Waals surface area contributed by atoms with Gasteiger partial charge in [-0.05, 0) is 56.6 Å². The summed E-state index contributed by atoms with van der Waals surface area (Å²) in [5.74, 6) is 2.97. The number of aromatic nitrogens is 2. The molecule has 1 fully saturated rings. The monoisotopic (exact) mass is 558 g/mol. The topological polar surface area (TPSA) is 92.8 Å². The minimum atomic E-state index is 0.373. The second-order valence-electron chi connectivity index (χ2n) is 8.82. The summed E-state index contributed by atoms with van der Waals surface area (Å²) in [7, 11) is 3.26. The number of piperidine rings is 1. The molecule has 2 heterocycles. The number of nitrogens with one attached hydrogen (secondary N) is 3. The minimum Gasteiger partial charge on any atom is -0.497 e. The Hall–Kier alpha value is -3.08. The van der Waals surface area contributed by atoms with Gasteiger partial charge < -0.3 is 34.5 Å². The molecular weight excluding hydrogens is 524 g/mol. The maximum Gasteiger partial charge on any atom is 0.229 e. The zero-order valence-corrected chi connectivity index (χ0v) is 23.6. The Morgan fingerprint density at radius 2 is 1.74 bits per heavy atom. The lowest BCUT2D eigenvalue weighted by molar-refractivity contribution is 0.205. The quantitative estimate of drug-likeness (QED) is 0.158. The van der Waals surface area contributed by atoms with Crippen LogP contribution in [0.4, 0.5) is 28.8 Å².